The summed E-state index contributed by atoms with van der Waals surface area (Å²) in [6, 6.07) is 0.493. The highest BCUT2D eigenvalue weighted by Crippen LogP contribution is 2.20. The van der Waals surface area contributed by atoms with Crippen LogP contribution in [0.15, 0.2) is 11.2 Å². The third-order valence-corrected chi connectivity index (χ3v) is 4.33. The molecule has 1 fully saturated rings. The second-order valence-corrected chi connectivity index (χ2v) is 6.24. The highest BCUT2D eigenvalue weighted by atomic mass is 32.2. The number of nitrogens with zero attached hydrogens (tertiary/aromatic N) is 4. The Kier molecular flexibility index (Phi) is 3.46. The molecular weight excluding hydrogens is 284 g/mol. The molecule has 2 aromatic rings. The maximum absolute atomic E-state index is 12.2. The molecule has 0 atom stereocenters. The molecule has 20 heavy (non-hydrogen) atoms. The van der Waals surface area contributed by atoms with E-state index in [4.69, 9.17) is 0 Å². The van der Waals surface area contributed by atoms with E-state index < -0.39 is 10.0 Å². The number of H-pyrrole nitrogens is 2. The Labute approximate surface area is 114 Å². The van der Waals surface area contributed by atoms with Crippen LogP contribution in [0.4, 0.5) is 0 Å². The van der Waals surface area contributed by atoms with Gasteiger partial charge in [0.2, 0.25) is 0 Å². The molecule has 10 nitrogen and oxygen atoms in total. The molecule has 2 heterocycles. The zero-order chi connectivity index (χ0) is 14.0. The summed E-state index contributed by atoms with van der Waals surface area (Å²) in [6.07, 6.45) is 3.78. The van der Waals surface area contributed by atoms with Gasteiger partial charge in [-0.15, -0.1) is 10.2 Å². The summed E-state index contributed by atoms with van der Waals surface area (Å²) in [5, 5.41) is 22.6. The summed E-state index contributed by atoms with van der Waals surface area (Å²) >= 11 is 0. The fourth-order valence-corrected chi connectivity index (χ4v) is 2.80. The normalized spacial score (nSPS) is 15.6. The van der Waals surface area contributed by atoms with Crippen molar-refractivity contribution in [1.29, 1.82) is 0 Å². The molecule has 1 aliphatic rings. The molecule has 0 amide bonds. The van der Waals surface area contributed by atoms with Crippen LogP contribution >= 0.6 is 0 Å². The van der Waals surface area contributed by atoms with Crippen molar-refractivity contribution in [2.45, 2.75) is 37.0 Å². The molecule has 0 spiro atoms. The van der Waals surface area contributed by atoms with Crippen LogP contribution in [-0.2, 0) is 23.1 Å². The van der Waals surface area contributed by atoms with Crippen molar-refractivity contribution in [1.82, 2.24) is 40.9 Å². The lowest BCUT2D eigenvalue weighted by atomic mass is 10.3. The standard InChI is InChI=1S/C9H14N8O2S/c18-20(19,12-5-8-13-16-17-14-8)9-6(4-11-15-9)3-10-7-1-2-7/h4,7,10,12H,1-3,5H2,(H,11,15)(H,13,14,16,17). The number of nitrogens with one attached hydrogen (secondary N) is 4. The number of aromatic nitrogens is 6. The van der Waals surface area contributed by atoms with E-state index in [1.807, 2.05) is 0 Å². The molecule has 3 rings (SSSR count). The first kappa shape index (κ1) is 13.1. The van der Waals surface area contributed by atoms with Crippen LogP contribution in [0, 0.1) is 0 Å². The van der Waals surface area contributed by atoms with Crippen LogP contribution in [0.25, 0.3) is 0 Å². The van der Waals surface area contributed by atoms with Crippen molar-refractivity contribution in [3.05, 3.63) is 17.6 Å². The molecule has 108 valence electrons. The predicted octanol–water partition coefficient (Wildman–Crippen LogP) is -1.35. The van der Waals surface area contributed by atoms with Gasteiger partial charge in [0.25, 0.3) is 10.0 Å². The molecule has 0 aliphatic heterocycles. The maximum atomic E-state index is 12.2. The van der Waals surface area contributed by atoms with Gasteiger partial charge in [0.15, 0.2) is 10.9 Å². The second-order valence-electron chi connectivity index (χ2n) is 4.53. The zero-order valence-electron chi connectivity index (χ0n) is 10.5. The third kappa shape index (κ3) is 3.00. The number of aromatic amines is 2. The van der Waals surface area contributed by atoms with Gasteiger partial charge in [-0.25, -0.2) is 13.1 Å². The maximum Gasteiger partial charge on any atom is 0.258 e. The quantitative estimate of drug-likeness (QED) is 0.495. The van der Waals surface area contributed by atoms with E-state index in [9.17, 15) is 8.42 Å². The molecule has 0 saturated heterocycles. The Bertz CT molecular complexity index is 660. The number of hydrogen-bond donors (Lipinski definition) is 4. The fraction of sp³-hybridized carbons (Fsp3) is 0.556. The Morgan fingerprint density at radius 3 is 2.90 bits per heavy atom. The Morgan fingerprint density at radius 1 is 1.35 bits per heavy atom. The first-order chi connectivity index (χ1) is 9.65. The van der Waals surface area contributed by atoms with Gasteiger partial charge in [0, 0.05) is 18.2 Å². The second kappa shape index (κ2) is 5.26. The molecule has 0 aromatic carbocycles. The van der Waals surface area contributed by atoms with Gasteiger partial charge in [0.05, 0.1) is 12.7 Å². The van der Waals surface area contributed by atoms with Gasteiger partial charge in [-0.05, 0) is 12.8 Å². The lowest BCUT2D eigenvalue weighted by Crippen LogP contribution is -2.26. The largest absolute Gasteiger partial charge is 0.310 e. The highest BCUT2D eigenvalue weighted by molar-refractivity contribution is 7.89. The van der Waals surface area contributed by atoms with Gasteiger partial charge in [-0.2, -0.15) is 10.3 Å². The summed E-state index contributed by atoms with van der Waals surface area (Å²) in [4.78, 5) is 0. The van der Waals surface area contributed by atoms with E-state index in [0.29, 0.717) is 18.2 Å². The molecular formula is C9H14N8O2S. The lowest BCUT2D eigenvalue weighted by molar-refractivity contribution is 0.571. The molecule has 2 aromatic heterocycles. The van der Waals surface area contributed by atoms with Crippen LogP contribution in [0.5, 0.6) is 0 Å². The molecule has 0 bridgehead atoms. The minimum Gasteiger partial charge on any atom is -0.310 e. The van der Waals surface area contributed by atoms with E-state index in [1.54, 1.807) is 0 Å². The summed E-state index contributed by atoms with van der Waals surface area (Å²) < 4.78 is 26.7. The molecule has 0 radical (unpaired) electrons. The van der Waals surface area contributed by atoms with Crippen molar-refractivity contribution in [3.8, 4) is 0 Å². The lowest BCUT2D eigenvalue weighted by Gasteiger charge is -2.06. The van der Waals surface area contributed by atoms with Crippen LogP contribution < -0.4 is 10.0 Å². The fourth-order valence-electron chi connectivity index (χ4n) is 1.69. The molecule has 4 N–H and O–H groups in total. The van der Waals surface area contributed by atoms with Crippen molar-refractivity contribution >= 4 is 10.0 Å². The van der Waals surface area contributed by atoms with Gasteiger partial charge in [-0.3, -0.25) is 5.10 Å². The Balaban J connectivity index is 1.68. The molecule has 0 unspecified atom stereocenters. The van der Waals surface area contributed by atoms with Gasteiger partial charge < -0.3 is 5.32 Å². The van der Waals surface area contributed by atoms with Crippen molar-refractivity contribution in [2.24, 2.45) is 0 Å². The van der Waals surface area contributed by atoms with E-state index in [-0.39, 0.29) is 17.4 Å². The number of hydrogen-bond acceptors (Lipinski definition) is 7. The minimum atomic E-state index is -3.68. The van der Waals surface area contributed by atoms with Crippen LogP contribution in [0.1, 0.15) is 24.2 Å². The molecule has 11 heteroatoms. The van der Waals surface area contributed by atoms with Crippen LogP contribution in [0.2, 0.25) is 0 Å². The molecule has 1 aliphatic carbocycles. The number of rotatable bonds is 7. The first-order valence-corrected chi connectivity index (χ1v) is 7.61. The Morgan fingerprint density at radius 2 is 2.20 bits per heavy atom. The summed E-state index contributed by atoms with van der Waals surface area (Å²) in [7, 11) is -3.68. The molecule has 1 saturated carbocycles. The van der Waals surface area contributed by atoms with E-state index >= 15 is 0 Å². The van der Waals surface area contributed by atoms with Gasteiger partial charge in [-0.1, -0.05) is 5.21 Å². The zero-order valence-corrected chi connectivity index (χ0v) is 11.3. The smallest absolute Gasteiger partial charge is 0.258 e. The monoisotopic (exact) mass is 298 g/mol. The van der Waals surface area contributed by atoms with Crippen molar-refractivity contribution < 1.29 is 8.42 Å². The van der Waals surface area contributed by atoms with Gasteiger partial charge in [0.1, 0.15) is 0 Å². The highest BCUT2D eigenvalue weighted by Gasteiger charge is 2.24. The SMILES string of the molecule is O=S(=O)(NCc1nn[nH]n1)c1[nH]ncc1CNC1CC1. The topological polar surface area (TPSA) is 141 Å². The number of sulfonamides is 1. The van der Waals surface area contributed by atoms with E-state index in [1.165, 1.54) is 6.20 Å². The van der Waals surface area contributed by atoms with Crippen LogP contribution in [-0.4, -0.2) is 45.3 Å². The number of tetrazole rings is 1. The Hall–Kier alpha value is -1.85. The third-order valence-electron chi connectivity index (χ3n) is 2.91. The van der Waals surface area contributed by atoms with Crippen molar-refractivity contribution in [2.75, 3.05) is 0 Å². The van der Waals surface area contributed by atoms with Crippen LogP contribution in [0.3, 0.4) is 0 Å². The summed E-state index contributed by atoms with van der Waals surface area (Å²) in [6.45, 7) is 0.437. The first-order valence-electron chi connectivity index (χ1n) is 6.13. The summed E-state index contributed by atoms with van der Waals surface area (Å²) in [5.41, 5.74) is 0.609. The van der Waals surface area contributed by atoms with E-state index in [2.05, 4.69) is 40.9 Å². The summed E-state index contributed by atoms with van der Waals surface area (Å²) in [5.74, 6) is 0.269. The predicted molar refractivity (Wildman–Crippen MR) is 66.7 cm³/mol. The van der Waals surface area contributed by atoms with Gasteiger partial charge >= 0.3 is 0 Å². The van der Waals surface area contributed by atoms with E-state index in [0.717, 1.165) is 12.8 Å². The average molecular weight is 298 g/mol. The average Bonchev–Trinajstić information content (AvgIpc) is 2.94. The minimum absolute atomic E-state index is 0.0344. The van der Waals surface area contributed by atoms with Crippen molar-refractivity contribution in [3.63, 3.8) is 0 Å².